The van der Waals surface area contributed by atoms with Crippen molar-refractivity contribution in [2.75, 3.05) is 38.2 Å². The van der Waals surface area contributed by atoms with Crippen molar-refractivity contribution in [3.63, 3.8) is 0 Å². The van der Waals surface area contributed by atoms with Crippen LogP contribution >= 0.6 is 0 Å². The van der Waals surface area contributed by atoms with Gasteiger partial charge >= 0.3 is 0 Å². The van der Waals surface area contributed by atoms with E-state index in [0.717, 1.165) is 77.9 Å². The van der Waals surface area contributed by atoms with E-state index in [2.05, 4.69) is 211 Å². The van der Waals surface area contributed by atoms with Crippen LogP contribution in [0.2, 0.25) is 0 Å². The van der Waals surface area contributed by atoms with Crippen LogP contribution < -0.4 is 9.80 Å². The summed E-state index contributed by atoms with van der Waals surface area (Å²) in [5, 5.41) is 4.47. The van der Waals surface area contributed by atoms with Gasteiger partial charge in [0.1, 0.15) is 0 Å². The molecule has 0 heterocycles. The lowest BCUT2D eigenvalue weighted by atomic mass is 9.93. The Morgan fingerprint density at radius 2 is 0.467 bits per heavy atom. The molecule has 0 amide bonds. The molecule has 7 aromatic carbocycles. The fraction of sp³-hybridized carbons (Fsp3) is 0.296. The van der Waals surface area contributed by atoms with Gasteiger partial charge in [0.05, 0.1) is 33.8 Å². The Labute approximate surface area is 357 Å². The van der Waals surface area contributed by atoms with E-state index >= 15 is 0 Å². The monoisotopic (exact) mass is 800 g/mol. The first-order valence-electron chi connectivity index (χ1n) is 20.7. The van der Waals surface area contributed by atoms with Crippen molar-refractivity contribution in [2.24, 2.45) is 0 Å². The first kappa shape index (κ1) is 42.6. The Balaban J connectivity index is 1.54. The summed E-state index contributed by atoms with van der Waals surface area (Å²) in [5.74, 6) is 0. The third kappa shape index (κ3) is 7.93. The van der Waals surface area contributed by atoms with Crippen molar-refractivity contribution in [3.05, 3.63) is 168 Å². The maximum atomic E-state index is 5.89. The molecule has 0 fully saturated rings. The molecule has 6 heteroatoms. The van der Waals surface area contributed by atoms with Crippen molar-refractivity contribution in [1.29, 1.82) is 0 Å². The van der Waals surface area contributed by atoms with Crippen molar-refractivity contribution in [2.45, 2.75) is 77.8 Å². The van der Waals surface area contributed by atoms with Gasteiger partial charge in [-0.3, -0.25) is 0 Å². The highest BCUT2D eigenvalue weighted by molar-refractivity contribution is 6.23. The van der Waals surface area contributed by atoms with Crippen molar-refractivity contribution < 1.29 is 18.9 Å². The maximum absolute atomic E-state index is 5.89. The van der Waals surface area contributed by atoms with E-state index in [4.69, 9.17) is 18.9 Å². The molecule has 0 atom stereocenters. The SMILES string of the molecule is COC(C)(C)c1ccc(N(c2ccc(C(C)(C)OC)cc2)c2c3ccccc3c(N(c3ccc(C(C)(C)OC)cc3)c3ccc(C(C)(C)OC)cc3)c3ccccc23)cc1. The summed E-state index contributed by atoms with van der Waals surface area (Å²) in [6.07, 6.45) is 0. The highest BCUT2D eigenvalue weighted by atomic mass is 16.5. The van der Waals surface area contributed by atoms with Gasteiger partial charge in [-0.15, -0.1) is 0 Å². The van der Waals surface area contributed by atoms with Gasteiger partial charge in [-0.2, -0.15) is 0 Å². The number of ether oxygens (including phenoxy) is 4. The molecule has 6 nitrogen and oxygen atoms in total. The average molecular weight is 801 g/mol. The van der Waals surface area contributed by atoms with Crippen LogP contribution in [-0.4, -0.2) is 28.4 Å². The predicted octanol–water partition coefficient (Wildman–Crippen LogP) is 14.5. The number of hydrogen-bond donors (Lipinski definition) is 0. The van der Waals surface area contributed by atoms with Crippen LogP contribution in [0.4, 0.5) is 34.1 Å². The second-order valence-electron chi connectivity index (χ2n) is 17.5. The molecule has 0 radical (unpaired) electrons. The summed E-state index contributed by atoms with van der Waals surface area (Å²) in [5.41, 5.74) is 9.02. The summed E-state index contributed by atoms with van der Waals surface area (Å²) in [7, 11) is 7.04. The first-order chi connectivity index (χ1) is 28.6. The summed E-state index contributed by atoms with van der Waals surface area (Å²) in [6.45, 7) is 16.8. The minimum atomic E-state index is -0.434. The Hall–Kier alpha value is -5.50. The van der Waals surface area contributed by atoms with Crippen LogP contribution in [0.25, 0.3) is 21.5 Å². The topological polar surface area (TPSA) is 43.4 Å². The number of hydrogen-bond acceptors (Lipinski definition) is 6. The van der Waals surface area contributed by atoms with Gasteiger partial charge in [0, 0.05) is 72.7 Å². The Bertz CT molecular complexity index is 2220. The number of anilines is 6. The molecule has 310 valence electrons. The molecule has 0 aliphatic rings. The van der Waals surface area contributed by atoms with E-state index in [1.807, 2.05) is 0 Å². The fourth-order valence-corrected chi connectivity index (χ4v) is 7.90. The van der Waals surface area contributed by atoms with Gasteiger partial charge in [-0.1, -0.05) is 97.1 Å². The molecular weight excluding hydrogens is 741 g/mol. The Morgan fingerprint density at radius 3 is 0.633 bits per heavy atom. The Morgan fingerprint density at radius 1 is 0.283 bits per heavy atom. The zero-order chi connectivity index (χ0) is 43.0. The molecule has 7 rings (SSSR count). The quantitative estimate of drug-likeness (QED) is 0.0806. The van der Waals surface area contributed by atoms with E-state index in [9.17, 15) is 0 Å². The minimum absolute atomic E-state index is 0.434. The number of methoxy groups -OCH3 is 4. The molecule has 0 saturated carbocycles. The third-order valence-corrected chi connectivity index (χ3v) is 12.6. The second kappa shape index (κ2) is 16.5. The first-order valence-corrected chi connectivity index (χ1v) is 20.7. The van der Waals surface area contributed by atoms with Crippen LogP contribution in [0.15, 0.2) is 146 Å². The van der Waals surface area contributed by atoms with E-state index < -0.39 is 22.4 Å². The van der Waals surface area contributed by atoms with E-state index in [0.29, 0.717) is 0 Å². The maximum Gasteiger partial charge on any atom is 0.0871 e. The van der Waals surface area contributed by atoms with Gasteiger partial charge < -0.3 is 28.7 Å². The van der Waals surface area contributed by atoms with Crippen molar-refractivity contribution in [1.82, 2.24) is 0 Å². The molecule has 60 heavy (non-hydrogen) atoms. The lowest BCUT2D eigenvalue weighted by Gasteiger charge is -2.34. The largest absolute Gasteiger partial charge is 0.374 e. The predicted molar refractivity (Wildman–Crippen MR) is 251 cm³/mol. The second-order valence-corrected chi connectivity index (χ2v) is 17.5. The van der Waals surface area contributed by atoms with Crippen LogP contribution in [-0.2, 0) is 41.4 Å². The van der Waals surface area contributed by atoms with Crippen LogP contribution in [0.3, 0.4) is 0 Å². The number of fused-ring (bicyclic) bond motifs is 2. The number of nitrogens with zero attached hydrogens (tertiary/aromatic N) is 2. The summed E-state index contributed by atoms with van der Waals surface area (Å²) in [4.78, 5) is 4.80. The van der Waals surface area contributed by atoms with Gasteiger partial charge in [-0.05, 0) is 126 Å². The van der Waals surface area contributed by atoms with Crippen LogP contribution in [0.1, 0.15) is 77.6 Å². The van der Waals surface area contributed by atoms with Crippen molar-refractivity contribution >= 4 is 55.7 Å². The standard InChI is InChI=1S/C54H60N2O4/c1-51(2,57-9)37-21-29-41(30-22-37)55(42-31-23-38(24-32-42)52(3,4)58-10)49-45-17-13-15-19-47(45)50(48-20-16-14-18-46(48)49)56(43-33-25-39(26-34-43)53(5,6)59-11)44-35-27-40(28-36-44)54(7,8)60-12/h13-36H,1-12H3. The van der Waals surface area contributed by atoms with Gasteiger partial charge in [-0.25, -0.2) is 0 Å². The Kier molecular flexibility index (Phi) is 11.7. The molecule has 0 N–H and O–H groups in total. The molecular formula is C54H60N2O4. The van der Waals surface area contributed by atoms with Crippen LogP contribution in [0, 0.1) is 0 Å². The molecule has 7 aromatic rings. The minimum Gasteiger partial charge on any atom is -0.374 e. The molecule has 0 spiro atoms. The summed E-state index contributed by atoms with van der Waals surface area (Å²) in [6, 6.07) is 52.7. The normalized spacial score (nSPS) is 12.6. The van der Waals surface area contributed by atoms with Crippen LogP contribution in [0.5, 0.6) is 0 Å². The number of benzene rings is 7. The lowest BCUT2D eigenvalue weighted by Crippen LogP contribution is -2.20. The smallest absolute Gasteiger partial charge is 0.0871 e. The van der Waals surface area contributed by atoms with Gasteiger partial charge in [0.15, 0.2) is 0 Å². The molecule has 0 bridgehead atoms. The lowest BCUT2D eigenvalue weighted by molar-refractivity contribution is 0.0190. The highest BCUT2D eigenvalue weighted by Gasteiger charge is 2.29. The molecule has 0 saturated heterocycles. The molecule has 0 aliphatic carbocycles. The zero-order valence-electron chi connectivity index (χ0n) is 37.4. The molecule has 0 aromatic heterocycles. The summed E-state index contributed by atoms with van der Waals surface area (Å²) >= 11 is 0. The zero-order valence-corrected chi connectivity index (χ0v) is 37.4. The van der Waals surface area contributed by atoms with E-state index in [-0.39, 0.29) is 0 Å². The number of rotatable bonds is 14. The third-order valence-electron chi connectivity index (χ3n) is 12.6. The highest BCUT2D eigenvalue weighted by Crippen LogP contribution is 2.51. The van der Waals surface area contributed by atoms with Gasteiger partial charge in [0.2, 0.25) is 0 Å². The van der Waals surface area contributed by atoms with E-state index in [1.165, 1.54) is 0 Å². The molecule has 0 unspecified atom stereocenters. The molecule has 0 aliphatic heterocycles. The van der Waals surface area contributed by atoms with Gasteiger partial charge in [0.25, 0.3) is 0 Å². The summed E-state index contributed by atoms with van der Waals surface area (Å²) < 4.78 is 23.6. The average Bonchev–Trinajstić information content (AvgIpc) is 3.27. The van der Waals surface area contributed by atoms with E-state index in [1.54, 1.807) is 28.4 Å². The fourth-order valence-electron chi connectivity index (χ4n) is 7.90. The van der Waals surface area contributed by atoms with Crippen molar-refractivity contribution in [3.8, 4) is 0 Å².